The van der Waals surface area contributed by atoms with Crippen LogP contribution in [0.15, 0.2) is 84.4 Å². The molecule has 0 bridgehead atoms. The fourth-order valence-corrected chi connectivity index (χ4v) is 3.12. The molecule has 0 aliphatic carbocycles. The third-order valence-corrected chi connectivity index (χ3v) is 4.56. The van der Waals surface area contributed by atoms with Crippen molar-refractivity contribution in [2.24, 2.45) is 0 Å². The second kappa shape index (κ2) is 9.80. The number of anilines is 2. The number of amides is 2. The third-order valence-electron chi connectivity index (χ3n) is 4.33. The van der Waals surface area contributed by atoms with E-state index in [1.807, 2.05) is 67.6 Å². The minimum Gasteiger partial charge on any atom is -0.497 e. The van der Waals surface area contributed by atoms with Gasteiger partial charge in [0, 0.05) is 22.9 Å². The topological polar surface area (TPSA) is 41.6 Å². The van der Waals surface area contributed by atoms with Crippen molar-refractivity contribution in [3.8, 4) is 5.75 Å². The van der Waals surface area contributed by atoms with E-state index in [0.29, 0.717) is 17.3 Å². The number of carbonyl (C=O) groups is 1. The van der Waals surface area contributed by atoms with Gasteiger partial charge in [-0.15, -0.1) is 0 Å². The lowest BCUT2D eigenvalue weighted by atomic mass is 10.1. The van der Waals surface area contributed by atoms with Crippen LogP contribution in [0.25, 0.3) is 6.08 Å². The largest absolute Gasteiger partial charge is 0.497 e. The third kappa shape index (κ3) is 5.87. The van der Waals surface area contributed by atoms with Crippen LogP contribution >= 0.6 is 11.6 Å². The molecular formula is C24H23ClN2O2. The first kappa shape index (κ1) is 20.5. The molecule has 0 atom stereocenters. The van der Waals surface area contributed by atoms with Crippen molar-refractivity contribution in [2.45, 2.75) is 6.92 Å². The van der Waals surface area contributed by atoms with Gasteiger partial charge in [0.25, 0.3) is 0 Å². The molecule has 0 spiro atoms. The molecule has 3 aromatic carbocycles. The lowest BCUT2D eigenvalue weighted by Gasteiger charge is -2.24. The minimum absolute atomic E-state index is 0.238. The molecule has 0 aliphatic rings. The Morgan fingerprint density at radius 2 is 1.76 bits per heavy atom. The summed E-state index contributed by atoms with van der Waals surface area (Å²) >= 11 is 6.04. The number of carbonyl (C=O) groups excluding carboxylic acids is 1. The maximum absolute atomic E-state index is 13.1. The highest BCUT2D eigenvalue weighted by atomic mass is 35.5. The van der Waals surface area contributed by atoms with Crippen molar-refractivity contribution in [1.82, 2.24) is 0 Å². The van der Waals surface area contributed by atoms with Gasteiger partial charge in [0.15, 0.2) is 0 Å². The smallest absolute Gasteiger partial charge is 0.326 e. The van der Waals surface area contributed by atoms with E-state index in [-0.39, 0.29) is 6.03 Å². The van der Waals surface area contributed by atoms with Crippen molar-refractivity contribution in [3.05, 3.63) is 95.0 Å². The highest BCUT2D eigenvalue weighted by Gasteiger charge is 2.17. The van der Waals surface area contributed by atoms with Gasteiger partial charge in [-0.25, -0.2) is 4.79 Å². The summed E-state index contributed by atoms with van der Waals surface area (Å²) in [5, 5.41) is 3.49. The van der Waals surface area contributed by atoms with E-state index in [9.17, 15) is 4.79 Å². The van der Waals surface area contributed by atoms with Crippen LogP contribution < -0.4 is 15.0 Å². The molecular weight excluding hydrogens is 384 g/mol. The van der Waals surface area contributed by atoms with Crippen LogP contribution in [0.4, 0.5) is 16.2 Å². The fourth-order valence-electron chi connectivity index (χ4n) is 2.93. The maximum Gasteiger partial charge on any atom is 0.326 e. The van der Waals surface area contributed by atoms with E-state index < -0.39 is 0 Å². The summed E-state index contributed by atoms with van der Waals surface area (Å²) in [6.07, 6.45) is 2.07. The van der Waals surface area contributed by atoms with E-state index in [1.54, 1.807) is 30.2 Å². The van der Waals surface area contributed by atoms with Gasteiger partial charge in [-0.05, 0) is 55.0 Å². The summed E-state index contributed by atoms with van der Waals surface area (Å²) in [4.78, 5) is 14.8. The van der Waals surface area contributed by atoms with Crippen molar-refractivity contribution < 1.29 is 9.53 Å². The molecule has 1 N–H and O–H groups in total. The second-order valence-electron chi connectivity index (χ2n) is 6.63. The molecule has 0 unspecified atom stereocenters. The Hall–Kier alpha value is -3.24. The van der Waals surface area contributed by atoms with Crippen LogP contribution in [0.2, 0.25) is 5.02 Å². The molecule has 0 heterocycles. The number of ether oxygens (including phenoxy) is 1. The predicted octanol–water partition coefficient (Wildman–Crippen LogP) is 6.49. The Labute approximate surface area is 176 Å². The van der Waals surface area contributed by atoms with Crippen LogP contribution in [0.1, 0.15) is 12.5 Å². The molecule has 0 aromatic heterocycles. The number of urea groups is 1. The number of nitrogens with zero attached hydrogens (tertiary/aromatic N) is 1. The molecule has 0 saturated heterocycles. The van der Waals surface area contributed by atoms with Gasteiger partial charge in [0.05, 0.1) is 7.11 Å². The van der Waals surface area contributed by atoms with Gasteiger partial charge in [-0.1, -0.05) is 59.6 Å². The summed E-state index contributed by atoms with van der Waals surface area (Å²) in [6.45, 7) is 2.45. The van der Waals surface area contributed by atoms with E-state index in [4.69, 9.17) is 16.3 Å². The Balaban J connectivity index is 1.86. The number of hydrogen-bond acceptors (Lipinski definition) is 2. The average Bonchev–Trinajstić information content (AvgIpc) is 2.73. The van der Waals surface area contributed by atoms with Gasteiger partial charge >= 0.3 is 6.03 Å². The zero-order valence-corrected chi connectivity index (χ0v) is 17.2. The van der Waals surface area contributed by atoms with Crippen LogP contribution in [0.5, 0.6) is 5.75 Å². The normalized spacial score (nSPS) is 11.1. The van der Waals surface area contributed by atoms with E-state index in [0.717, 1.165) is 22.6 Å². The summed E-state index contributed by atoms with van der Waals surface area (Å²) in [7, 11) is 1.62. The Kier molecular flexibility index (Phi) is 6.93. The molecule has 0 radical (unpaired) electrons. The molecule has 3 rings (SSSR count). The summed E-state index contributed by atoms with van der Waals surface area (Å²) in [5.74, 6) is 0.737. The first-order valence-corrected chi connectivity index (χ1v) is 9.63. The molecule has 29 heavy (non-hydrogen) atoms. The van der Waals surface area contributed by atoms with Crippen molar-refractivity contribution in [2.75, 3.05) is 23.9 Å². The number of hydrogen-bond donors (Lipinski definition) is 1. The zero-order valence-electron chi connectivity index (χ0n) is 16.4. The lowest BCUT2D eigenvalue weighted by molar-refractivity contribution is 0.257. The van der Waals surface area contributed by atoms with E-state index in [2.05, 4.69) is 11.4 Å². The van der Waals surface area contributed by atoms with Crippen molar-refractivity contribution >= 4 is 35.1 Å². The number of benzene rings is 3. The second-order valence-corrected chi connectivity index (χ2v) is 7.06. The monoisotopic (exact) mass is 406 g/mol. The molecule has 0 saturated carbocycles. The Bertz CT molecular complexity index is 985. The summed E-state index contributed by atoms with van der Waals surface area (Å²) in [6, 6.07) is 24.3. The molecule has 4 nitrogen and oxygen atoms in total. The molecule has 3 aromatic rings. The number of methoxy groups -OCH3 is 1. The SMILES string of the molecule is COc1ccc(N(CC(C)=Cc2ccccc2)C(=O)Nc2cccc(Cl)c2)cc1. The van der Waals surface area contributed by atoms with Gasteiger partial charge in [0.2, 0.25) is 0 Å². The summed E-state index contributed by atoms with van der Waals surface area (Å²) < 4.78 is 5.23. The summed E-state index contributed by atoms with van der Waals surface area (Å²) in [5.41, 5.74) is 3.56. The van der Waals surface area contributed by atoms with Crippen LogP contribution in [-0.2, 0) is 0 Å². The standard InChI is InChI=1S/C24H23ClN2O2/c1-18(15-19-7-4-3-5-8-19)17-27(22-11-13-23(29-2)14-12-22)24(28)26-21-10-6-9-20(25)16-21/h3-16H,17H2,1-2H3,(H,26,28). The first-order chi connectivity index (χ1) is 14.0. The van der Waals surface area contributed by atoms with Crippen LogP contribution in [-0.4, -0.2) is 19.7 Å². The fraction of sp³-hybridized carbons (Fsp3) is 0.125. The van der Waals surface area contributed by atoms with Gasteiger partial charge in [0.1, 0.15) is 5.75 Å². The van der Waals surface area contributed by atoms with Crippen molar-refractivity contribution in [3.63, 3.8) is 0 Å². The molecule has 5 heteroatoms. The molecule has 2 amide bonds. The number of nitrogens with one attached hydrogen (secondary N) is 1. The van der Waals surface area contributed by atoms with Crippen LogP contribution in [0.3, 0.4) is 0 Å². The number of halogens is 1. The highest BCUT2D eigenvalue weighted by molar-refractivity contribution is 6.30. The zero-order chi connectivity index (χ0) is 20.6. The van der Waals surface area contributed by atoms with Gasteiger partial charge < -0.3 is 10.1 Å². The quantitative estimate of drug-likeness (QED) is 0.508. The van der Waals surface area contributed by atoms with Gasteiger partial charge in [-0.2, -0.15) is 0 Å². The maximum atomic E-state index is 13.1. The van der Waals surface area contributed by atoms with Crippen molar-refractivity contribution in [1.29, 1.82) is 0 Å². The molecule has 148 valence electrons. The highest BCUT2D eigenvalue weighted by Crippen LogP contribution is 2.23. The first-order valence-electron chi connectivity index (χ1n) is 9.25. The molecule has 0 fully saturated rings. The van der Waals surface area contributed by atoms with Crippen LogP contribution in [0, 0.1) is 0 Å². The molecule has 0 aliphatic heterocycles. The minimum atomic E-state index is -0.238. The Morgan fingerprint density at radius 3 is 2.41 bits per heavy atom. The lowest BCUT2D eigenvalue weighted by Crippen LogP contribution is -2.36. The Morgan fingerprint density at radius 1 is 1.03 bits per heavy atom. The average molecular weight is 407 g/mol. The van der Waals surface area contributed by atoms with E-state index in [1.165, 1.54) is 0 Å². The predicted molar refractivity (Wildman–Crippen MR) is 121 cm³/mol. The van der Waals surface area contributed by atoms with E-state index >= 15 is 0 Å². The number of rotatable bonds is 6. The van der Waals surface area contributed by atoms with Gasteiger partial charge in [-0.3, -0.25) is 4.90 Å².